The molecule has 2 aromatic carbocycles. The standard InChI is InChI=1S/C30H30ClFN6O2/c1-19(2)35-9-11-36(12-10-35)27-15-21(18-37-7-6-33-29(27)37)24-17-22(32)16-23(28(24)39)20-4-5-26(25(31)14-20)38-13-8-34(3)30(38)40/h4-8,13-19,39H,9-12H2,1-3H3. The van der Waals surface area contributed by atoms with Crippen molar-refractivity contribution in [2.45, 2.75) is 19.9 Å². The summed E-state index contributed by atoms with van der Waals surface area (Å²) in [6.45, 7) is 7.98. The van der Waals surface area contributed by atoms with Gasteiger partial charge in [-0.15, -0.1) is 0 Å². The van der Waals surface area contributed by atoms with Gasteiger partial charge in [-0.3, -0.25) is 9.47 Å². The number of piperazine rings is 1. The molecule has 1 aliphatic heterocycles. The first-order valence-corrected chi connectivity index (χ1v) is 13.6. The van der Waals surface area contributed by atoms with Crippen molar-refractivity contribution in [3.63, 3.8) is 0 Å². The van der Waals surface area contributed by atoms with Gasteiger partial charge in [-0.05, 0) is 49.7 Å². The first kappa shape index (κ1) is 26.2. The third-order valence-corrected chi connectivity index (χ3v) is 8.01. The van der Waals surface area contributed by atoms with Gasteiger partial charge in [0.05, 0.1) is 16.4 Å². The zero-order valence-corrected chi connectivity index (χ0v) is 23.3. The van der Waals surface area contributed by atoms with Crippen molar-refractivity contribution in [3.8, 4) is 33.7 Å². The van der Waals surface area contributed by atoms with Crippen LogP contribution in [0.2, 0.25) is 5.02 Å². The molecule has 0 atom stereocenters. The molecular weight excluding hydrogens is 531 g/mol. The fourth-order valence-corrected chi connectivity index (χ4v) is 5.70. The normalized spacial score (nSPS) is 14.5. The Balaban J connectivity index is 1.41. The third kappa shape index (κ3) is 4.55. The van der Waals surface area contributed by atoms with Crippen LogP contribution in [0.15, 0.2) is 72.2 Å². The van der Waals surface area contributed by atoms with Crippen molar-refractivity contribution in [2.24, 2.45) is 7.05 Å². The lowest BCUT2D eigenvalue weighted by atomic mass is 9.97. The van der Waals surface area contributed by atoms with Gasteiger partial charge in [-0.25, -0.2) is 14.2 Å². The van der Waals surface area contributed by atoms with E-state index in [2.05, 4.69) is 28.6 Å². The highest BCUT2D eigenvalue weighted by atomic mass is 35.5. The highest BCUT2D eigenvalue weighted by Gasteiger charge is 2.23. The number of benzene rings is 2. The molecule has 4 heterocycles. The average molecular weight is 561 g/mol. The van der Waals surface area contributed by atoms with E-state index in [9.17, 15) is 9.90 Å². The summed E-state index contributed by atoms with van der Waals surface area (Å²) in [5, 5.41) is 11.8. The molecule has 206 valence electrons. The number of aromatic nitrogens is 4. The van der Waals surface area contributed by atoms with E-state index in [4.69, 9.17) is 11.6 Å². The second kappa shape index (κ2) is 10.1. The molecule has 6 rings (SSSR count). The van der Waals surface area contributed by atoms with E-state index in [0.29, 0.717) is 39.0 Å². The maximum atomic E-state index is 15.1. The molecular formula is C30H30ClFN6O2. The zero-order valence-electron chi connectivity index (χ0n) is 22.6. The number of halogens is 2. The Bertz CT molecular complexity index is 1780. The van der Waals surface area contributed by atoms with Crippen LogP contribution in [0.3, 0.4) is 0 Å². The predicted octanol–water partition coefficient (Wildman–Crippen LogP) is 5.19. The molecule has 0 radical (unpaired) electrons. The molecule has 1 N–H and O–H groups in total. The van der Waals surface area contributed by atoms with Crippen LogP contribution in [0.1, 0.15) is 13.8 Å². The van der Waals surface area contributed by atoms with Crippen molar-refractivity contribution in [1.82, 2.24) is 23.4 Å². The minimum absolute atomic E-state index is 0.0582. The average Bonchev–Trinajstić information content (AvgIpc) is 3.55. The van der Waals surface area contributed by atoms with E-state index in [-0.39, 0.29) is 11.4 Å². The first-order chi connectivity index (χ1) is 19.2. The Kier molecular flexibility index (Phi) is 6.64. The van der Waals surface area contributed by atoms with Gasteiger partial charge in [0.25, 0.3) is 0 Å². The molecule has 0 bridgehead atoms. The summed E-state index contributed by atoms with van der Waals surface area (Å²) >= 11 is 6.57. The molecule has 0 unspecified atom stereocenters. The topological polar surface area (TPSA) is 70.9 Å². The van der Waals surface area contributed by atoms with Crippen LogP contribution < -0.4 is 10.6 Å². The minimum atomic E-state index is -0.486. The van der Waals surface area contributed by atoms with Crippen LogP contribution >= 0.6 is 11.6 Å². The van der Waals surface area contributed by atoms with Gasteiger partial charge in [0, 0.05) is 86.9 Å². The third-order valence-electron chi connectivity index (χ3n) is 7.70. The van der Waals surface area contributed by atoms with Gasteiger partial charge in [-0.1, -0.05) is 17.7 Å². The van der Waals surface area contributed by atoms with Crippen LogP contribution in [-0.4, -0.2) is 60.7 Å². The second-order valence-corrected chi connectivity index (χ2v) is 10.9. The van der Waals surface area contributed by atoms with Gasteiger partial charge in [0.15, 0.2) is 5.65 Å². The molecule has 1 saturated heterocycles. The number of pyridine rings is 1. The van der Waals surface area contributed by atoms with Crippen LogP contribution in [0.5, 0.6) is 5.75 Å². The highest BCUT2D eigenvalue weighted by Crippen LogP contribution is 2.41. The fraction of sp³-hybridized carbons (Fsp3) is 0.267. The van der Waals surface area contributed by atoms with Crippen molar-refractivity contribution < 1.29 is 9.50 Å². The van der Waals surface area contributed by atoms with Gasteiger partial charge >= 0.3 is 5.69 Å². The van der Waals surface area contributed by atoms with E-state index in [1.165, 1.54) is 21.3 Å². The number of imidazole rings is 2. The highest BCUT2D eigenvalue weighted by molar-refractivity contribution is 6.32. The first-order valence-electron chi connectivity index (χ1n) is 13.2. The maximum absolute atomic E-state index is 15.1. The van der Waals surface area contributed by atoms with E-state index < -0.39 is 5.82 Å². The Hall–Kier alpha value is -4.08. The number of rotatable bonds is 5. The lowest BCUT2D eigenvalue weighted by Crippen LogP contribution is -2.49. The smallest absolute Gasteiger partial charge is 0.332 e. The molecule has 0 spiro atoms. The predicted molar refractivity (Wildman–Crippen MR) is 156 cm³/mol. The quantitative estimate of drug-likeness (QED) is 0.320. The van der Waals surface area contributed by atoms with Crippen molar-refractivity contribution in [1.29, 1.82) is 0 Å². The molecule has 1 fully saturated rings. The number of phenols is 1. The maximum Gasteiger partial charge on any atom is 0.332 e. The van der Waals surface area contributed by atoms with Crippen molar-refractivity contribution in [3.05, 3.63) is 88.7 Å². The molecule has 0 saturated carbocycles. The number of fused-ring (bicyclic) bond motifs is 1. The van der Waals surface area contributed by atoms with E-state index in [1.807, 2.05) is 22.9 Å². The summed E-state index contributed by atoms with van der Waals surface area (Å²) in [7, 11) is 1.66. The van der Waals surface area contributed by atoms with Crippen LogP contribution in [0, 0.1) is 5.82 Å². The Labute approximate surface area is 236 Å². The van der Waals surface area contributed by atoms with Gasteiger partial charge in [0.1, 0.15) is 11.6 Å². The molecule has 0 aliphatic carbocycles. The summed E-state index contributed by atoms with van der Waals surface area (Å²) in [6.07, 6.45) is 8.73. The Morgan fingerprint density at radius 1 is 0.950 bits per heavy atom. The van der Waals surface area contributed by atoms with E-state index in [1.54, 1.807) is 43.8 Å². The molecule has 0 amide bonds. The lowest BCUT2D eigenvalue weighted by Gasteiger charge is -2.38. The Morgan fingerprint density at radius 2 is 1.68 bits per heavy atom. The summed E-state index contributed by atoms with van der Waals surface area (Å²) in [6, 6.07) is 10.1. The summed E-state index contributed by atoms with van der Waals surface area (Å²) in [4.78, 5) is 21.7. The zero-order chi connectivity index (χ0) is 28.1. The van der Waals surface area contributed by atoms with Crippen molar-refractivity contribution in [2.75, 3.05) is 31.1 Å². The van der Waals surface area contributed by atoms with E-state index in [0.717, 1.165) is 37.5 Å². The number of nitrogens with zero attached hydrogens (tertiary/aromatic N) is 6. The lowest BCUT2D eigenvalue weighted by molar-refractivity contribution is 0.209. The summed E-state index contributed by atoms with van der Waals surface area (Å²) < 4.78 is 19.9. The molecule has 8 nitrogen and oxygen atoms in total. The monoisotopic (exact) mass is 560 g/mol. The number of aryl methyl sites for hydroxylation is 1. The van der Waals surface area contributed by atoms with Gasteiger partial charge in [-0.2, -0.15) is 0 Å². The number of aromatic hydroxyl groups is 1. The largest absolute Gasteiger partial charge is 0.507 e. The van der Waals surface area contributed by atoms with Crippen LogP contribution in [-0.2, 0) is 7.05 Å². The van der Waals surface area contributed by atoms with E-state index >= 15 is 4.39 Å². The van der Waals surface area contributed by atoms with Crippen LogP contribution in [0.25, 0.3) is 33.6 Å². The molecule has 40 heavy (non-hydrogen) atoms. The van der Waals surface area contributed by atoms with Gasteiger partial charge in [0.2, 0.25) is 0 Å². The summed E-state index contributed by atoms with van der Waals surface area (Å²) in [5.41, 5.74) is 3.90. The number of anilines is 1. The molecule has 10 heteroatoms. The number of phenolic OH excluding ortho intramolecular Hbond substituents is 1. The molecule has 3 aromatic heterocycles. The number of hydrogen-bond acceptors (Lipinski definition) is 5. The Morgan fingerprint density at radius 3 is 2.33 bits per heavy atom. The number of hydrogen-bond donors (Lipinski definition) is 1. The second-order valence-electron chi connectivity index (χ2n) is 10.5. The summed E-state index contributed by atoms with van der Waals surface area (Å²) in [5.74, 6) is -0.544. The molecule has 5 aromatic rings. The SMILES string of the molecule is CC(C)N1CCN(c2cc(-c3cc(F)cc(-c4ccc(-n5ccn(C)c5=O)c(Cl)c4)c3O)cn3ccnc23)CC1. The van der Waals surface area contributed by atoms with Crippen LogP contribution in [0.4, 0.5) is 10.1 Å². The molecule has 1 aliphatic rings. The minimum Gasteiger partial charge on any atom is -0.507 e. The van der Waals surface area contributed by atoms with Crippen molar-refractivity contribution >= 4 is 22.9 Å². The fourth-order valence-electron chi connectivity index (χ4n) is 5.43. The van der Waals surface area contributed by atoms with Gasteiger partial charge < -0.3 is 19.0 Å².